The number of nitrogens with two attached hydrogens (primary N) is 1. The van der Waals surface area contributed by atoms with Gasteiger partial charge in [-0.15, -0.1) is 0 Å². The summed E-state index contributed by atoms with van der Waals surface area (Å²) in [7, 11) is -4.40. The van der Waals surface area contributed by atoms with Crippen molar-refractivity contribution in [3.8, 4) is 0 Å². The van der Waals surface area contributed by atoms with Gasteiger partial charge >= 0.3 is 7.82 Å². The van der Waals surface area contributed by atoms with E-state index in [1.54, 1.807) is 6.08 Å². The second-order valence-corrected chi connectivity index (χ2v) is 18.3. The number of carbonyl (C=O) groups is 1. The molecule has 0 radical (unpaired) electrons. The van der Waals surface area contributed by atoms with E-state index in [0.29, 0.717) is 6.42 Å². The Morgan fingerprint density at radius 2 is 1.05 bits per heavy atom. The number of hydrogen-bond donors (Lipinski definition) is 5. The lowest BCUT2D eigenvalue weighted by Gasteiger charge is -2.24. The summed E-state index contributed by atoms with van der Waals surface area (Å²) in [6.07, 6.45) is 50.9. The fourth-order valence-corrected chi connectivity index (χ4v) is 8.09. The maximum atomic E-state index is 12.9. The lowest BCUT2D eigenvalue weighted by Crippen LogP contribution is -2.46. The predicted molar refractivity (Wildman–Crippen MR) is 250 cm³/mol. The van der Waals surface area contributed by atoms with Crippen LogP contribution in [0.3, 0.4) is 0 Å². The highest BCUT2D eigenvalue weighted by molar-refractivity contribution is 7.47. The lowest BCUT2D eigenvalue weighted by molar-refractivity contribution is -0.124. The predicted octanol–water partition coefficient (Wildman–Crippen LogP) is 13.3. The number of phosphoric acid groups is 1. The normalized spacial score (nSPS) is 14.7. The van der Waals surface area contributed by atoms with Gasteiger partial charge in [-0.05, 0) is 44.9 Å². The van der Waals surface area contributed by atoms with Gasteiger partial charge in [0.1, 0.15) is 0 Å². The molecule has 9 nitrogen and oxygen atoms in total. The van der Waals surface area contributed by atoms with E-state index >= 15 is 0 Å². The molecule has 0 aliphatic rings. The van der Waals surface area contributed by atoms with Crippen LogP contribution in [0.4, 0.5) is 0 Å². The molecule has 0 saturated carbocycles. The molecular weight excluding hydrogens is 760 g/mol. The van der Waals surface area contributed by atoms with E-state index in [0.717, 1.165) is 51.4 Å². The SMILES string of the molecule is CC/C=C\C/C=C\CCCCCCCCCCCCCCC(O)CC(=O)NC(COP(=O)(O)OCCN)C(O)/C=C/CCCCCCCCCCCCCCCCCC. The summed E-state index contributed by atoms with van der Waals surface area (Å²) in [6.45, 7) is 3.90. The highest BCUT2D eigenvalue weighted by atomic mass is 31.2. The number of rotatable bonds is 46. The van der Waals surface area contributed by atoms with Gasteiger partial charge in [0.2, 0.25) is 5.91 Å². The molecule has 0 bridgehead atoms. The highest BCUT2D eigenvalue weighted by Gasteiger charge is 2.27. The van der Waals surface area contributed by atoms with E-state index in [4.69, 9.17) is 14.8 Å². The van der Waals surface area contributed by atoms with Crippen molar-refractivity contribution in [1.82, 2.24) is 5.32 Å². The van der Waals surface area contributed by atoms with Gasteiger partial charge in [-0.1, -0.05) is 217 Å². The Hall–Kier alpha value is -1.32. The van der Waals surface area contributed by atoms with Crippen LogP contribution in [0.25, 0.3) is 0 Å². The van der Waals surface area contributed by atoms with Gasteiger partial charge in [-0.2, -0.15) is 0 Å². The van der Waals surface area contributed by atoms with Crippen molar-refractivity contribution in [1.29, 1.82) is 0 Å². The maximum absolute atomic E-state index is 12.9. The van der Waals surface area contributed by atoms with Crippen LogP contribution in [-0.4, -0.2) is 59.0 Å². The van der Waals surface area contributed by atoms with E-state index in [9.17, 15) is 24.5 Å². The first-order valence-electron chi connectivity index (χ1n) is 24.7. The van der Waals surface area contributed by atoms with E-state index < -0.39 is 38.6 Å². The maximum Gasteiger partial charge on any atom is 0.472 e. The molecule has 1 amide bonds. The van der Waals surface area contributed by atoms with Crippen molar-refractivity contribution >= 4 is 13.7 Å². The van der Waals surface area contributed by atoms with Gasteiger partial charge < -0.3 is 26.2 Å². The average Bonchev–Trinajstić information content (AvgIpc) is 3.21. The first kappa shape index (κ1) is 57.7. The molecule has 0 rings (SSSR count). The van der Waals surface area contributed by atoms with E-state index in [1.807, 2.05) is 6.08 Å². The van der Waals surface area contributed by atoms with Gasteiger partial charge in [0, 0.05) is 6.54 Å². The standard InChI is InChI=1S/C49H95N2O7P/c1-3-5-7-9-11-13-15-17-19-21-23-24-26-28-30-32-34-36-38-40-46(52)44-49(54)51-47(45-58-59(55,56)57-43-42-50)48(53)41-39-37-35-33-31-29-27-25-22-20-18-16-14-12-10-8-6-4-2/h5,7,11,13,39,41,46-48,52-53H,3-4,6,8-10,12,14-38,40,42-45,50H2,1-2H3,(H,51,54)(H,55,56)/b7-5-,13-11-,41-39+. The third-order valence-corrected chi connectivity index (χ3v) is 12.0. The molecule has 0 aromatic heterocycles. The van der Waals surface area contributed by atoms with Crippen LogP contribution in [0.5, 0.6) is 0 Å². The molecular formula is C49H95N2O7P. The van der Waals surface area contributed by atoms with Gasteiger partial charge in [0.15, 0.2) is 0 Å². The van der Waals surface area contributed by atoms with Gasteiger partial charge in [0.05, 0.1) is 37.9 Å². The van der Waals surface area contributed by atoms with Crippen molar-refractivity contribution in [2.45, 2.75) is 250 Å². The van der Waals surface area contributed by atoms with E-state index in [-0.39, 0.29) is 19.6 Å². The summed E-state index contributed by atoms with van der Waals surface area (Å²) < 4.78 is 22.2. The molecule has 0 aliphatic heterocycles. The van der Waals surface area contributed by atoms with Crippen LogP contribution in [0, 0.1) is 0 Å². The third-order valence-electron chi connectivity index (χ3n) is 11.0. The second-order valence-electron chi connectivity index (χ2n) is 16.8. The Morgan fingerprint density at radius 1 is 0.610 bits per heavy atom. The van der Waals surface area contributed by atoms with Gasteiger partial charge in [-0.3, -0.25) is 13.8 Å². The molecule has 0 aliphatic carbocycles. The minimum Gasteiger partial charge on any atom is -0.393 e. The van der Waals surface area contributed by atoms with Crippen LogP contribution in [0.1, 0.15) is 232 Å². The van der Waals surface area contributed by atoms with Crippen molar-refractivity contribution in [3.63, 3.8) is 0 Å². The van der Waals surface area contributed by atoms with Crippen molar-refractivity contribution in [3.05, 3.63) is 36.5 Å². The van der Waals surface area contributed by atoms with Crippen LogP contribution >= 0.6 is 7.82 Å². The number of phosphoric ester groups is 1. The molecule has 0 heterocycles. The quantitative estimate of drug-likeness (QED) is 0.0231. The lowest BCUT2D eigenvalue weighted by atomic mass is 10.0. The molecule has 59 heavy (non-hydrogen) atoms. The molecule has 0 saturated heterocycles. The van der Waals surface area contributed by atoms with Crippen molar-refractivity contribution in [2.24, 2.45) is 5.73 Å². The summed E-state index contributed by atoms with van der Waals surface area (Å²) in [5, 5.41) is 24.2. The zero-order valence-corrected chi connectivity index (χ0v) is 39.3. The first-order valence-corrected chi connectivity index (χ1v) is 26.2. The molecule has 4 atom stereocenters. The average molecular weight is 855 g/mol. The minimum atomic E-state index is -4.40. The van der Waals surface area contributed by atoms with Gasteiger partial charge in [0.25, 0.3) is 0 Å². The number of nitrogens with one attached hydrogen (secondary N) is 1. The molecule has 0 fully saturated rings. The molecule has 0 aromatic rings. The van der Waals surface area contributed by atoms with Crippen LogP contribution in [0.2, 0.25) is 0 Å². The van der Waals surface area contributed by atoms with E-state index in [1.165, 1.54) is 154 Å². The number of allylic oxidation sites excluding steroid dienone is 5. The number of hydrogen-bond acceptors (Lipinski definition) is 7. The van der Waals surface area contributed by atoms with Crippen LogP contribution in [-0.2, 0) is 18.4 Å². The molecule has 348 valence electrons. The molecule has 4 unspecified atom stereocenters. The Bertz CT molecular complexity index is 1040. The summed E-state index contributed by atoms with van der Waals surface area (Å²) in [6, 6.07) is -0.982. The number of aliphatic hydroxyl groups is 2. The zero-order chi connectivity index (χ0) is 43.3. The van der Waals surface area contributed by atoms with Crippen LogP contribution < -0.4 is 11.1 Å². The monoisotopic (exact) mass is 855 g/mol. The number of unbranched alkanes of at least 4 members (excludes halogenated alkanes) is 28. The second kappa shape index (κ2) is 44.7. The Morgan fingerprint density at radius 3 is 1.53 bits per heavy atom. The fraction of sp³-hybridized carbons (Fsp3) is 0.857. The zero-order valence-electron chi connectivity index (χ0n) is 38.4. The minimum absolute atomic E-state index is 0.0492. The highest BCUT2D eigenvalue weighted by Crippen LogP contribution is 2.43. The molecule has 10 heteroatoms. The van der Waals surface area contributed by atoms with Gasteiger partial charge in [-0.25, -0.2) is 4.57 Å². The smallest absolute Gasteiger partial charge is 0.393 e. The number of aliphatic hydroxyl groups excluding tert-OH is 2. The Kier molecular flexibility index (Phi) is 43.7. The third kappa shape index (κ3) is 43.1. The van der Waals surface area contributed by atoms with E-state index in [2.05, 4.69) is 43.5 Å². The number of carbonyl (C=O) groups excluding carboxylic acids is 1. The van der Waals surface area contributed by atoms with Crippen LogP contribution in [0.15, 0.2) is 36.5 Å². The molecule has 0 aromatic carbocycles. The summed E-state index contributed by atoms with van der Waals surface area (Å²) in [5.41, 5.74) is 5.38. The largest absolute Gasteiger partial charge is 0.472 e. The topological polar surface area (TPSA) is 151 Å². The summed E-state index contributed by atoms with van der Waals surface area (Å²) in [5.74, 6) is -0.445. The fourth-order valence-electron chi connectivity index (χ4n) is 7.33. The van der Waals surface area contributed by atoms with Crippen molar-refractivity contribution < 1.29 is 33.5 Å². The number of amides is 1. The first-order chi connectivity index (χ1) is 28.8. The Labute approximate surface area is 363 Å². The summed E-state index contributed by atoms with van der Waals surface area (Å²) in [4.78, 5) is 22.8. The Balaban J connectivity index is 4.21. The summed E-state index contributed by atoms with van der Waals surface area (Å²) >= 11 is 0. The molecule has 0 spiro atoms. The molecule has 6 N–H and O–H groups in total. The van der Waals surface area contributed by atoms with Crippen molar-refractivity contribution in [2.75, 3.05) is 19.8 Å².